The lowest BCUT2D eigenvalue weighted by molar-refractivity contribution is -0.133. The van der Waals surface area contributed by atoms with E-state index >= 15 is 0 Å². The number of aliphatic hydroxyl groups is 1. The molecular formula is C14H20FNO3. The van der Waals surface area contributed by atoms with E-state index in [1.807, 2.05) is 13.8 Å². The Kier molecular flexibility index (Phi) is 5.30. The molecule has 1 atom stereocenters. The van der Waals surface area contributed by atoms with E-state index in [2.05, 4.69) is 0 Å². The minimum atomic E-state index is -0.784. The molecule has 0 saturated heterocycles. The summed E-state index contributed by atoms with van der Waals surface area (Å²) < 4.78 is 18.5. The molecule has 0 aliphatic rings. The molecule has 1 aromatic rings. The Morgan fingerprint density at radius 3 is 2.58 bits per heavy atom. The number of rotatable bonds is 5. The first-order valence-electron chi connectivity index (χ1n) is 6.19. The van der Waals surface area contributed by atoms with Gasteiger partial charge in [0.1, 0.15) is 11.6 Å². The lowest BCUT2D eigenvalue weighted by Gasteiger charge is -2.22. The van der Waals surface area contributed by atoms with Gasteiger partial charge in [-0.1, -0.05) is 0 Å². The number of hydrogen-bond acceptors (Lipinski definition) is 3. The first kappa shape index (κ1) is 15.4. The minimum Gasteiger partial charge on any atom is -0.483 e. The molecule has 1 aromatic carbocycles. The van der Waals surface area contributed by atoms with Crippen LogP contribution in [0.4, 0.5) is 4.39 Å². The molecule has 19 heavy (non-hydrogen) atoms. The lowest BCUT2D eigenvalue weighted by atomic mass is 10.1. The van der Waals surface area contributed by atoms with Gasteiger partial charge in [-0.3, -0.25) is 4.79 Å². The van der Waals surface area contributed by atoms with Gasteiger partial charge in [0.05, 0.1) is 6.10 Å². The molecule has 0 spiro atoms. The summed E-state index contributed by atoms with van der Waals surface area (Å²) in [6.45, 7) is 5.16. The Labute approximate surface area is 112 Å². The van der Waals surface area contributed by atoms with Gasteiger partial charge in [-0.05, 0) is 32.9 Å². The van der Waals surface area contributed by atoms with Crippen molar-refractivity contribution in [1.82, 2.24) is 4.90 Å². The van der Waals surface area contributed by atoms with Gasteiger partial charge in [0.15, 0.2) is 6.61 Å². The van der Waals surface area contributed by atoms with E-state index in [1.54, 1.807) is 18.9 Å². The normalized spacial score (nSPS) is 12.4. The van der Waals surface area contributed by atoms with Crippen LogP contribution in [0.1, 0.15) is 32.4 Å². The van der Waals surface area contributed by atoms with Crippen LogP contribution in [-0.2, 0) is 4.79 Å². The Hall–Kier alpha value is -1.62. The van der Waals surface area contributed by atoms with E-state index in [1.165, 1.54) is 18.2 Å². The first-order valence-corrected chi connectivity index (χ1v) is 6.19. The van der Waals surface area contributed by atoms with Crippen molar-refractivity contribution in [3.63, 3.8) is 0 Å². The van der Waals surface area contributed by atoms with Crippen LogP contribution in [-0.4, -0.2) is 35.6 Å². The number of carbonyl (C=O) groups excluding carboxylic acids is 1. The number of carbonyl (C=O) groups is 1. The van der Waals surface area contributed by atoms with Gasteiger partial charge < -0.3 is 14.7 Å². The van der Waals surface area contributed by atoms with E-state index in [-0.39, 0.29) is 24.3 Å². The third-order valence-electron chi connectivity index (χ3n) is 2.94. The fourth-order valence-corrected chi connectivity index (χ4v) is 1.51. The molecule has 0 aliphatic heterocycles. The van der Waals surface area contributed by atoms with Gasteiger partial charge in [-0.15, -0.1) is 0 Å². The first-order chi connectivity index (χ1) is 8.82. The highest BCUT2D eigenvalue weighted by molar-refractivity contribution is 5.77. The molecular weight excluding hydrogens is 249 g/mol. The fourth-order valence-electron chi connectivity index (χ4n) is 1.51. The van der Waals surface area contributed by atoms with Crippen molar-refractivity contribution in [2.75, 3.05) is 13.7 Å². The smallest absolute Gasteiger partial charge is 0.260 e. The maximum Gasteiger partial charge on any atom is 0.260 e. The summed E-state index contributed by atoms with van der Waals surface area (Å²) >= 11 is 0. The molecule has 5 heteroatoms. The standard InChI is InChI=1S/C14H20FNO3/c1-9(2)16(4)14(18)8-19-13-7-11(15)5-6-12(13)10(3)17/h5-7,9-10,17H,8H2,1-4H3. The summed E-state index contributed by atoms with van der Waals surface area (Å²) in [5.41, 5.74) is 0.460. The van der Waals surface area contributed by atoms with Crippen LogP contribution in [0.2, 0.25) is 0 Å². The monoisotopic (exact) mass is 269 g/mol. The molecule has 1 rings (SSSR count). The fraction of sp³-hybridized carbons (Fsp3) is 0.500. The number of halogens is 1. The van der Waals surface area contributed by atoms with Gasteiger partial charge in [0.2, 0.25) is 0 Å². The van der Waals surface area contributed by atoms with E-state index in [0.717, 1.165) is 0 Å². The molecule has 1 N–H and O–H groups in total. The zero-order valence-electron chi connectivity index (χ0n) is 11.7. The predicted octanol–water partition coefficient (Wildman–Crippen LogP) is 2.12. The van der Waals surface area contributed by atoms with Gasteiger partial charge in [0.25, 0.3) is 5.91 Å². The van der Waals surface area contributed by atoms with E-state index in [9.17, 15) is 14.3 Å². The second-order valence-corrected chi connectivity index (χ2v) is 4.75. The average Bonchev–Trinajstić information content (AvgIpc) is 2.34. The van der Waals surface area contributed by atoms with Gasteiger partial charge in [-0.25, -0.2) is 4.39 Å². The van der Waals surface area contributed by atoms with Crippen LogP contribution in [0, 0.1) is 5.82 Å². The van der Waals surface area contributed by atoms with Crippen molar-refractivity contribution in [2.24, 2.45) is 0 Å². The molecule has 0 radical (unpaired) electrons. The molecule has 106 valence electrons. The predicted molar refractivity (Wildman–Crippen MR) is 70.4 cm³/mol. The van der Waals surface area contributed by atoms with Crippen LogP contribution in [0.5, 0.6) is 5.75 Å². The highest BCUT2D eigenvalue weighted by atomic mass is 19.1. The van der Waals surface area contributed by atoms with Crippen LogP contribution < -0.4 is 4.74 Å². The number of ether oxygens (including phenoxy) is 1. The summed E-state index contributed by atoms with van der Waals surface area (Å²) in [4.78, 5) is 13.3. The van der Waals surface area contributed by atoms with Gasteiger partial charge >= 0.3 is 0 Å². The van der Waals surface area contributed by atoms with Crippen LogP contribution >= 0.6 is 0 Å². The van der Waals surface area contributed by atoms with E-state index < -0.39 is 11.9 Å². The highest BCUT2D eigenvalue weighted by Crippen LogP contribution is 2.26. The molecule has 0 fully saturated rings. The second-order valence-electron chi connectivity index (χ2n) is 4.75. The topological polar surface area (TPSA) is 49.8 Å². The molecule has 0 saturated carbocycles. The van der Waals surface area contributed by atoms with Crippen molar-refractivity contribution in [3.05, 3.63) is 29.6 Å². The van der Waals surface area contributed by atoms with Gasteiger partial charge in [0, 0.05) is 24.7 Å². The molecule has 0 aromatic heterocycles. The summed E-state index contributed by atoms with van der Waals surface area (Å²) in [6, 6.07) is 3.94. The summed E-state index contributed by atoms with van der Waals surface area (Å²) in [7, 11) is 1.68. The maximum atomic E-state index is 13.2. The molecule has 0 bridgehead atoms. The number of hydrogen-bond donors (Lipinski definition) is 1. The second kappa shape index (κ2) is 6.52. The Morgan fingerprint density at radius 2 is 2.05 bits per heavy atom. The molecule has 4 nitrogen and oxygen atoms in total. The third kappa shape index (κ3) is 4.21. The average molecular weight is 269 g/mol. The minimum absolute atomic E-state index is 0.0693. The largest absolute Gasteiger partial charge is 0.483 e. The zero-order valence-corrected chi connectivity index (χ0v) is 11.7. The Bertz CT molecular complexity index is 446. The molecule has 1 unspecified atom stereocenters. The van der Waals surface area contributed by atoms with Crippen molar-refractivity contribution in [1.29, 1.82) is 0 Å². The SMILES string of the molecule is CC(O)c1ccc(F)cc1OCC(=O)N(C)C(C)C. The van der Waals surface area contributed by atoms with Crippen LogP contribution in [0.25, 0.3) is 0 Å². The molecule has 0 aliphatic carbocycles. The third-order valence-corrected chi connectivity index (χ3v) is 2.94. The lowest BCUT2D eigenvalue weighted by Crippen LogP contribution is -2.36. The summed E-state index contributed by atoms with van der Waals surface area (Å²) in [5.74, 6) is -0.472. The van der Waals surface area contributed by atoms with Crippen molar-refractivity contribution < 1.29 is 19.0 Å². The number of amides is 1. The van der Waals surface area contributed by atoms with Crippen LogP contribution in [0.15, 0.2) is 18.2 Å². The van der Waals surface area contributed by atoms with E-state index in [4.69, 9.17) is 4.74 Å². The maximum absolute atomic E-state index is 13.2. The number of aliphatic hydroxyl groups excluding tert-OH is 1. The number of benzene rings is 1. The van der Waals surface area contributed by atoms with Crippen molar-refractivity contribution >= 4 is 5.91 Å². The van der Waals surface area contributed by atoms with Crippen LogP contribution in [0.3, 0.4) is 0 Å². The van der Waals surface area contributed by atoms with Crippen molar-refractivity contribution in [2.45, 2.75) is 32.9 Å². The summed E-state index contributed by atoms with van der Waals surface area (Å²) in [5, 5.41) is 9.56. The number of nitrogens with zero attached hydrogens (tertiary/aromatic N) is 1. The Balaban J connectivity index is 2.77. The zero-order chi connectivity index (χ0) is 14.6. The molecule has 1 amide bonds. The highest BCUT2D eigenvalue weighted by Gasteiger charge is 2.15. The number of likely N-dealkylation sites (N-methyl/N-ethyl adjacent to an activating group) is 1. The van der Waals surface area contributed by atoms with Gasteiger partial charge in [-0.2, -0.15) is 0 Å². The van der Waals surface area contributed by atoms with E-state index in [0.29, 0.717) is 5.56 Å². The summed E-state index contributed by atoms with van der Waals surface area (Å²) in [6.07, 6.45) is -0.784. The Morgan fingerprint density at radius 1 is 1.42 bits per heavy atom. The van der Waals surface area contributed by atoms with Crippen molar-refractivity contribution in [3.8, 4) is 5.75 Å². The molecule has 0 heterocycles. The quantitative estimate of drug-likeness (QED) is 0.890.